The van der Waals surface area contributed by atoms with Gasteiger partial charge in [0, 0.05) is 30.6 Å². The standard InChI is InChI=1S/C15H28N2O3S/c1-5-12(6-2)17(9-11(3)4)15(20)16-7-8-21-10-13(16)14(18)19/h11-13H,5-10H2,1-4H3,(H,18,19). The molecule has 0 aromatic heterocycles. The van der Waals surface area contributed by atoms with Gasteiger partial charge in [0.2, 0.25) is 0 Å². The number of aliphatic carboxylic acids is 1. The van der Waals surface area contributed by atoms with Gasteiger partial charge in [-0.3, -0.25) is 0 Å². The maximum atomic E-state index is 12.9. The Bertz CT molecular complexity index is 359. The van der Waals surface area contributed by atoms with E-state index in [0.29, 0.717) is 24.8 Å². The number of hydrogen-bond acceptors (Lipinski definition) is 3. The van der Waals surface area contributed by atoms with Crippen LogP contribution in [-0.2, 0) is 4.79 Å². The number of thioether (sulfide) groups is 1. The van der Waals surface area contributed by atoms with E-state index in [9.17, 15) is 14.7 Å². The van der Waals surface area contributed by atoms with E-state index in [4.69, 9.17) is 0 Å². The van der Waals surface area contributed by atoms with Crippen LogP contribution in [0.4, 0.5) is 4.79 Å². The Hall–Kier alpha value is -0.910. The molecule has 1 aliphatic heterocycles. The van der Waals surface area contributed by atoms with Crippen LogP contribution in [0.3, 0.4) is 0 Å². The van der Waals surface area contributed by atoms with Crippen molar-refractivity contribution in [1.29, 1.82) is 0 Å². The van der Waals surface area contributed by atoms with Crippen molar-refractivity contribution in [2.24, 2.45) is 5.92 Å². The molecule has 1 aliphatic rings. The number of carboxylic acid groups (broad SMARTS) is 1. The first-order valence-corrected chi connectivity index (χ1v) is 8.95. The van der Waals surface area contributed by atoms with Gasteiger partial charge in [-0.05, 0) is 18.8 Å². The number of nitrogens with zero attached hydrogens (tertiary/aromatic N) is 2. The lowest BCUT2D eigenvalue weighted by Gasteiger charge is -2.40. The molecule has 6 heteroatoms. The van der Waals surface area contributed by atoms with Gasteiger partial charge >= 0.3 is 12.0 Å². The zero-order chi connectivity index (χ0) is 16.0. The smallest absolute Gasteiger partial charge is 0.327 e. The van der Waals surface area contributed by atoms with E-state index in [1.165, 1.54) is 0 Å². The Morgan fingerprint density at radius 3 is 2.43 bits per heavy atom. The number of carbonyl (C=O) groups excluding carboxylic acids is 1. The molecule has 0 bridgehead atoms. The summed E-state index contributed by atoms with van der Waals surface area (Å²) in [5, 5.41) is 9.35. The minimum Gasteiger partial charge on any atom is -0.480 e. The Morgan fingerprint density at radius 2 is 1.95 bits per heavy atom. The molecule has 1 unspecified atom stereocenters. The summed E-state index contributed by atoms with van der Waals surface area (Å²) in [5.41, 5.74) is 0. The van der Waals surface area contributed by atoms with Crippen LogP contribution >= 0.6 is 11.8 Å². The molecule has 0 aliphatic carbocycles. The molecule has 21 heavy (non-hydrogen) atoms. The van der Waals surface area contributed by atoms with Gasteiger partial charge in [-0.2, -0.15) is 11.8 Å². The van der Waals surface area contributed by atoms with E-state index in [1.54, 1.807) is 16.7 Å². The SMILES string of the molecule is CCC(CC)N(CC(C)C)C(=O)N1CCSCC1C(=O)O. The fourth-order valence-electron chi connectivity index (χ4n) is 2.71. The molecule has 1 atom stereocenters. The predicted molar refractivity (Wildman–Crippen MR) is 86.8 cm³/mol. The summed E-state index contributed by atoms with van der Waals surface area (Å²) in [6, 6.07) is -0.616. The van der Waals surface area contributed by atoms with Gasteiger partial charge < -0.3 is 14.9 Å². The van der Waals surface area contributed by atoms with Gasteiger partial charge in [0.1, 0.15) is 6.04 Å². The van der Waals surface area contributed by atoms with Crippen LogP contribution in [0.2, 0.25) is 0 Å². The third-order valence-electron chi connectivity index (χ3n) is 3.85. The zero-order valence-corrected chi connectivity index (χ0v) is 14.4. The van der Waals surface area contributed by atoms with Crippen LogP contribution in [0.15, 0.2) is 0 Å². The van der Waals surface area contributed by atoms with Crippen LogP contribution in [0.5, 0.6) is 0 Å². The molecule has 122 valence electrons. The molecule has 1 heterocycles. The van der Waals surface area contributed by atoms with Crippen LogP contribution in [-0.4, -0.2) is 63.6 Å². The molecule has 0 spiro atoms. The second-order valence-corrected chi connectivity index (χ2v) is 7.07. The van der Waals surface area contributed by atoms with Crippen molar-refractivity contribution in [1.82, 2.24) is 9.80 Å². The molecule has 1 fully saturated rings. The average Bonchev–Trinajstić information content (AvgIpc) is 2.46. The van der Waals surface area contributed by atoms with Crippen molar-refractivity contribution in [2.75, 3.05) is 24.6 Å². The van der Waals surface area contributed by atoms with Crippen LogP contribution in [0, 0.1) is 5.92 Å². The summed E-state index contributed by atoms with van der Waals surface area (Å²) in [6.07, 6.45) is 1.80. The van der Waals surface area contributed by atoms with E-state index < -0.39 is 12.0 Å². The molecule has 5 nitrogen and oxygen atoms in total. The first kappa shape index (κ1) is 18.1. The summed E-state index contributed by atoms with van der Waals surface area (Å²) in [6.45, 7) is 9.54. The fourth-order valence-corrected chi connectivity index (χ4v) is 3.75. The third-order valence-corrected chi connectivity index (χ3v) is 4.87. The second-order valence-electron chi connectivity index (χ2n) is 5.92. The van der Waals surface area contributed by atoms with Gasteiger partial charge in [-0.15, -0.1) is 0 Å². The molecule has 0 aromatic carbocycles. The highest BCUT2D eigenvalue weighted by atomic mass is 32.2. The van der Waals surface area contributed by atoms with Gasteiger partial charge in [0.15, 0.2) is 0 Å². The number of rotatable bonds is 6. The third kappa shape index (κ3) is 4.80. The van der Waals surface area contributed by atoms with Gasteiger partial charge in [-0.1, -0.05) is 27.7 Å². The highest BCUT2D eigenvalue weighted by molar-refractivity contribution is 7.99. The van der Waals surface area contributed by atoms with Gasteiger partial charge in [-0.25, -0.2) is 9.59 Å². The summed E-state index contributed by atoms with van der Waals surface area (Å²) in [7, 11) is 0. The maximum absolute atomic E-state index is 12.9. The Balaban J connectivity index is 2.93. The molecule has 0 radical (unpaired) electrons. The van der Waals surface area contributed by atoms with E-state index >= 15 is 0 Å². The number of carboxylic acids is 1. The lowest BCUT2D eigenvalue weighted by Crippen LogP contribution is -2.57. The van der Waals surface area contributed by atoms with E-state index in [1.807, 2.05) is 4.90 Å². The number of amides is 2. The van der Waals surface area contributed by atoms with E-state index in [0.717, 1.165) is 18.6 Å². The number of hydrogen-bond donors (Lipinski definition) is 1. The molecular weight excluding hydrogens is 288 g/mol. The zero-order valence-electron chi connectivity index (χ0n) is 13.5. The summed E-state index contributed by atoms with van der Waals surface area (Å²) in [4.78, 5) is 27.7. The molecule has 0 saturated carbocycles. The Labute approximate surface area is 132 Å². The van der Waals surface area contributed by atoms with E-state index in [2.05, 4.69) is 27.7 Å². The highest BCUT2D eigenvalue weighted by Crippen LogP contribution is 2.21. The van der Waals surface area contributed by atoms with Crippen molar-refractivity contribution >= 4 is 23.8 Å². The molecule has 1 saturated heterocycles. The molecular formula is C15H28N2O3S. The summed E-state index contributed by atoms with van der Waals surface area (Å²) >= 11 is 1.60. The molecule has 2 amide bonds. The predicted octanol–water partition coefficient (Wildman–Crippen LogP) is 2.76. The first-order chi connectivity index (χ1) is 9.92. The van der Waals surface area contributed by atoms with E-state index in [-0.39, 0.29) is 12.1 Å². The van der Waals surface area contributed by atoms with Crippen LogP contribution in [0.25, 0.3) is 0 Å². The summed E-state index contributed by atoms with van der Waals surface area (Å²) in [5.74, 6) is 0.773. The van der Waals surface area contributed by atoms with Gasteiger partial charge in [0.25, 0.3) is 0 Å². The molecule has 1 N–H and O–H groups in total. The Morgan fingerprint density at radius 1 is 1.33 bits per heavy atom. The maximum Gasteiger partial charge on any atom is 0.327 e. The van der Waals surface area contributed by atoms with Crippen LogP contribution < -0.4 is 0 Å². The molecule has 1 rings (SSSR count). The minimum atomic E-state index is -0.899. The topological polar surface area (TPSA) is 60.9 Å². The van der Waals surface area contributed by atoms with Crippen molar-refractivity contribution in [3.8, 4) is 0 Å². The average molecular weight is 316 g/mol. The van der Waals surface area contributed by atoms with Crippen molar-refractivity contribution < 1.29 is 14.7 Å². The molecule has 0 aromatic rings. The van der Waals surface area contributed by atoms with Crippen molar-refractivity contribution in [2.45, 2.75) is 52.6 Å². The lowest BCUT2D eigenvalue weighted by molar-refractivity contribution is -0.141. The lowest BCUT2D eigenvalue weighted by atomic mass is 10.1. The summed E-state index contributed by atoms with van der Waals surface area (Å²) < 4.78 is 0. The van der Waals surface area contributed by atoms with Crippen LogP contribution in [0.1, 0.15) is 40.5 Å². The highest BCUT2D eigenvalue weighted by Gasteiger charge is 2.36. The quantitative estimate of drug-likeness (QED) is 0.818. The largest absolute Gasteiger partial charge is 0.480 e. The Kier molecular flexibility index (Phi) is 7.35. The number of urea groups is 1. The monoisotopic (exact) mass is 316 g/mol. The minimum absolute atomic E-state index is 0.106. The van der Waals surface area contributed by atoms with Crippen molar-refractivity contribution in [3.63, 3.8) is 0 Å². The second kappa shape index (κ2) is 8.51. The van der Waals surface area contributed by atoms with Crippen molar-refractivity contribution in [3.05, 3.63) is 0 Å². The fraction of sp³-hybridized carbons (Fsp3) is 0.867. The normalized spacial score (nSPS) is 19.1. The van der Waals surface area contributed by atoms with Gasteiger partial charge in [0.05, 0.1) is 0 Å². The first-order valence-electron chi connectivity index (χ1n) is 7.80. The number of carbonyl (C=O) groups is 2.